The van der Waals surface area contributed by atoms with Crippen LogP contribution in [0.15, 0.2) is 42.5 Å². The Morgan fingerprint density at radius 2 is 1.83 bits per heavy atom. The predicted molar refractivity (Wildman–Crippen MR) is 111 cm³/mol. The number of benzene rings is 2. The molecule has 1 saturated heterocycles. The highest BCUT2D eigenvalue weighted by Gasteiger charge is 2.40. The van der Waals surface area contributed by atoms with Crippen molar-refractivity contribution in [2.45, 2.75) is 18.6 Å². The molecule has 2 aromatic carbocycles. The number of carbonyl (C=O) groups excluding carboxylic acids is 3. The molecule has 1 atom stereocenters. The summed E-state index contributed by atoms with van der Waals surface area (Å²) < 4.78 is 11.0. The maximum absolute atomic E-state index is 12.8. The number of carbonyl (C=O) groups is 3. The third-order valence-electron chi connectivity index (χ3n) is 4.64. The number of amides is 3. The first-order valence-corrected chi connectivity index (χ1v) is 10.3. The van der Waals surface area contributed by atoms with Gasteiger partial charge in [0.1, 0.15) is 13.2 Å². The lowest BCUT2D eigenvalue weighted by Gasteiger charge is -2.21. The number of nitrogens with one attached hydrogen (secondary N) is 1. The van der Waals surface area contributed by atoms with Crippen LogP contribution >= 0.6 is 11.8 Å². The fraction of sp³-hybridized carbons (Fsp3) is 0.286. The number of hydrogen-bond acceptors (Lipinski definition) is 6. The highest BCUT2D eigenvalue weighted by Crippen LogP contribution is 2.37. The minimum Gasteiger partial charge on any atom is -0.486 e. The van der Waals surface area contributed by atoms with Crippen molar-refractivity contribution in [3.63, 3.8) is 0 Å². The third kappa shape index (κ3) is 4.22. The third-order valence-corrected chi connectivity index (χ3v) is 5.84. The summed E-state index contributed by atoms with van der Waals surface area (Å²) >= 11 is 1.17. The fourth-order valence-corrected chi connectivity index (χ4v) is 4.12. The van der Waals surface area contributed by atoms with Crippen LogP contribution in [0.1, 0.15) is 12.0 Å². The van der Waals surface area contributed by atoms with Crippen LogP contribution in [0.5, 0.6) is 11.5 Å². The molecule has 0 unspecified atom stereocenters. The van der Waals surface area contributed by atoms with Gasteiger partial charge in [0.15, 0.2) is 11.5 Å². The number of fused-ring (bicyclic) bond motifs is 1. The quantitative estimate of drug-likeness (QED) is 0.761. The average molecular weight is 412 g/mol. The van der Waals surface area contributed by atoms with Crippen LogP contribution in [-0.4, -0.2) is 41.9 Å². The van der Waals surface area contributed by atoms with Crippen LogP contribution in [0.4, 0.5) is 11.4 Å². The Kier molecular flexibility index (Phi) is 5.44. The first-order chi connectivity index (χ1) is 14.0. The molecule has 150 valence electrons. The molecule has 2 aliphatic rings. The van der Waals surface area contributed by atoms with Crippen LogP contribution < -0.4 is 19.7 Å². The van der Waals surface area contributed by atoms with E-state index >= 15 is 0 Å². The summed E-state index contributed by atoms with van der Waals surface area (Å²) in [6.07, 6.45) is 0.0652. The molecule has 2 aliphatic heterocycles. The summed E-state index contributed by atoms with van der Waals surface area (Å²) in [6, 6.07) is 12.5. The van der Waals surface area contributed by atoms with Crippen LogP contribution in [0.2, 0.25) is 0 Å². The monoisotopic (exact) mass is 412 g/mol. The van der Waals surface area contributed by atoms with Crippen molar-refractivity contribution in [3.05, 3.63) is 48.0 Å². The van der Waals surface area contributed by atoms with E-state index in [0.29, 0.717) is 36.1 Å². The van der Waals surface area contributed by atoms with Gasteiger partial charge in [-0.05, 0) is 31.2 Å². The van der Waals surface area contributed by atoms with Crippen LogP contribution in [-0.2, 0) is 14.4 Å². The second-order valence-corrected chi connectivity index (χ2v) is 8.00. The van der Waals surface area contributed by atoms with Crippen LogP contribution in [0.3, 0.4) is 0 Å². The highest BCUT2D eigenvalue weighted by molar-refractivity contribution is 8.01. The molecule has 0 spiro atoms. The van der Waals surface area contributed by atoms with E-state index in [1.165, 1.54) is 11.8 Å². The number of rotatable bonds is 5. The van der Waals surface area contributed by atoms with Gasteiger partial charge in [0, 0.05) is 18.2 Å². The Balaban J connectivity index is 1.38. The summed E-state index contributed by atoms with van der Waals surface area (Å²) in [6.45, 7) is 2.86. The lowest BCUT2D eigenvalue weighted by atomic mass is 10.2. The molecular weight excluding hydrogens is 392 g/mol. The van der Waals surface area contributed by atoms with Gasteiger partial charge < -0.3 is 14.8 Å². The van der Waals surface area contributed by atoms with Crippen LogP contribution in [0.25, 0.3) is 0 Å². The van der Waals surface area contributed by atoms with Gasteiger partial charge in [-0.15, -0.1) is 11.8 Å². The zero-order valence-electron chi connectivity index (χ0n) is 15.8. The minimum absolute atomic E-state index is 0.0652. The number of anilines is 2. The van der Waals surface area contributed by atoms with Crippen molar-refractivity contribution in [1.29, 1.82) is 0 Å². The highest BCUT2D eigenvalue weighted by atomic mass is 32.2. The number of aryl methyl sites for hydroxylation is 1. The van der Waals surface area contributed by atoms with Gasteiger partial charge in [0.25, 0.3) is 0 Å². The molecule has 2 heterocycles. The molecule has 0 aromatic heterocycles. The Labute approximate surface area is 172 Å². The van der Waals surface area contributed by atoms with Crippen molar-refractivity contribution in [2.24, 2.45) is 0 Å². The summed E-state index contributed by atoms with van der Waals surface area (Å²) in [5.41, 5.74) is 2.26. The maximum atomic E-state index is 12.8. The van der Waals surface area contributed by atoms with Crippen molar-refractivity contribution < 1.29 is 23.9 Å². The van der Waals surface area contributed by atoms with Crippen molar-refractivity contribution >= 4 is 40.9 Å². The summed E-state index contributed by atoms with van der Waals surface area (Å²) in [7, 11) is 0. The maximum Gasteiger partial charge on any atom is 0.247 e. The first kappa shape index (κ1) is 19.3. The van der Waals surface area contributed by atoms with E-state index in [1.54, 1.807) is 18.2 Å². The number of hydrogen-bond donors (Lipinski definition) is 1. The average Bonchev–Trinajstić information content (AvgIpc) is 3.01. The van der Waals surface area contributed by atoms with E-state index in [9.17, 15) is 14.4 Å². The molecule has 3 amide bonds. The standard InChI is InChI=1S/C21H20N2O5S/c1-13-2-4-14(5-3-13)22-19(24)12-29-18-11-20(25)23(21(18)26)15-6-7-16-17(10-15)28-9-8-27-16/h2-7,10,18H,8-9,11-12H2,1H3,(H,22,24)/t18-/m1/s1. The van der Waals surface area contributed by atoms with Gasteiger partial charge >= 0.3 is 0 Å². The number of thioether (sulfide) groups is 1. The van der Waals surface area contributed by atoms with Gasteiger partial charge in [-0.2, -0.15) is 0 Å². The van der Waals surface area contributed by atoms with E-state index in [-0.39, 0.29) is 29.9 Å². The predicted octanol–water partition coefficient (Wildman–Crippen LogP) is 2.77. The van der Waals surface area contributed by atoms with Crippen molar-refractivity contribution in [1.82, 2.24) is 0 Å². The molecule has 0 aliphatic carbocycles. The largest absolute Gasteiger partial charge is 0.486 e. The molecule has 0 saturated carbocycles. The van der Waals surface area contributed by atoms with Crippen molar-refractivity contribution in [2.75, 3.05) is 29.2 Å². The normalized spacial score (nSPS) is 18.1. The fourth-order valence-electron chi connectivity index (χ4n) is 3.19. The van der Waals surface area contributed by atoms with E-state index in [4.69, 9.17) is 9.47 Å². The number of imide groups is 1. The lowest BCUT2D eigenvalue weighted by Crippen LogP contribution is -2.31. The molecule has 1 fully saturated rings. The lowest BCUT2D eigenvalue weighted by molar-refractivity contribution is -0.121. The van der Waals surface area contributed by atoms with E-state index in [1.807, 2.05) is 31.2 Å². The Bertz CT molecular complexity index is 960. The number of ether oxygens (including phenoxy) is 2. The Morgan fingerprint density at radius 1 is 1.10 bits per heavy atom. The van der Waals surface area contributed by atoms with Gasteiger partial charge in [-0.25, -0.2) is 4.90 Å². The molecule has 8 heteroatoms. The van der Waals surface area contributed by atoms with Gasteiger partial charge in [-0.1, -0.05) is 17.7 Å². The smallest absolute Gasteiger partial charge is 0.247 e. The molecule has 4 rings (SSSR count). The Hall–Kier alpha value is -3.00. The first-order valence-electron chi connectivity index (χ1n) is 9.26. The topological polar surface area (TPSA) is 84.9 Å². The summed E-state index contributed by atoms with van der Waals surface area (Å²) in [5, 5.41) is 2.21. The molecule has 29 heavy (non-hydrogen) atoms. The van der Waals surface area contributed by atoms with E-state index in [0.717, 1.165) is 10.5 Å². The molecular formula is C21H20N2O5S. The molecule has 1 N–H and O–H groups in total. The van der Waals surface area contributed by atoms with E-state index < -0.39 is 5.25 Å². The van der Waals surface area contributed by atoms with Gasteiger partial charge in [0.2, 0.25) is 17.7 Å². The van der Waals surface area contributed by atoms with Gasteiger partial charge in [-0.3, -0.25) is 14.4 Å². The zero-order chi connectivity index (χ0) is 20.4. The van der Waals surface area contributed by atoms with Crippen molar-refractivity contribution in [3.8, 4) is 11.5 Å². The molecule has 0 bridgehead atoms. The van der Waals surface area contributed by atoms with Gasteiger partial charge in [0.05, 0.1) is 16.7 Å². The molecule has 2 aromatic rings. The summed E-state index contributed by atoms with van der Waals surface area (Å²) in [4.78, 5) is 38.6. The summed E-state index contributed by atoms with van der Waals surface area (Å²) in [5.74, 6) is 0.382. The minimum atomic E-state index is -0.584. The molecule has 7 nitrogen and oxygen atoms in total. The molecule has 0 radical (unpaired) electrons. The zero-order valence-corrected chi connectivity index (χ0v) is 16.7. The second-order valence-electron chi connectivity index (χ2n) is 6.81. The van der Waals surface area contributed by atoms with E-state index in [2.05, 4.69) is 5.32 Å². The second kappa shape index (κ2) is 8.16. The Morgan fingerprint density at radius 3 is 2.59 bits per heavy atom. The number of nitrogens with zero attached hydrogens (tertiary/aromatic N) is 1. The SMILES string of the molecule is Cc1ccc(NC(=O)CS[C@@H]2CC(=O)N(c3ccc4c(c3)OCCO4)C2=O)cc1. The van der Waals surface area contributed by atoms with Crippen LogP contribution in [0, 0.1) is 6.92 Å².